The summed E-state index contributed by atoms with van der Waals surface area (Å²) in [6.45, 7) is 7.68. The highest BCUT2D eigenvalue weighted by Crippen LogP contribution is 2.28. The lowest BCUT2D eigenvalue weighted by atomic mass is 9.92. The van der Waals surface area contributed by atoms with Gasteiger partial charge in [0, 0.05) is 25.7 Å². The average Bonchev–Trinajstić information content (AvgIpc) is 3.12. The van der Waals surface area contributed by atoms with Crippen molar-refractivity contribution in [2.24, 2.45) is 11.8 Å². The number of hydrogen-bond acceptors (Lipinski definition) is 3. The molecule has 2 fully saturated rings. The van der Waals surface area contributed by atoms with E-state index in [0.29, 0.717) is 6.04 Å². The summed E-state index contributed by atoms with van der Waals surface area (Å²) in [7, 11) is 2.21. The first kappa shape index (κ1) is 13.3. The number of ether oxygens (including phenoxy) is 1. The Kier molecular flexibility index (Phi) is 5.26. The molecule has 0 aromatic heterocycles. The molecule has 0 bridgehead atoms. The molecule has 1 saturated carbocycles. The van der Waals surface area contributed by atoms with Gasteiger partial charge in [0.15, 0.2) is 0 Å². The maximum atomic E-state index is 5.68. The van der Waals surface area contributed by atoms with E-state index in [0.717, 1.165) is 38.1 Å². The van der Waals surface area contributed by atoms with Gasteiger partial charge in [-0.2, -0.15) is 0 Å². The van der Waals surface area contributed by atoms with Crippen LogP contribution in [0.4, 0.5) is 0 Å². The third kappa shape index (κ3) is 4.94. The van der Waals surface area contributed by atoms with Crippen LogP contribution in [0.25, 0.3) is 0 Å². The molecular formula is C14H28N2O. The molecule has 1 heterocycles. The summed E-state index contributed by atoms with van der Waals surface area (Å²) in [5.74, 6) is 1.71. The van der Waals surface area contributed by atoms with Crippen molar-refractivity contribution in [1.29, 1.82) is 0 Å². The van der Waals surface area contributed by atoms with E-state index in [1.165, 1.54) is 32.2 Å². The molecule has 3 heteroatoms. The fourth-order valence-electron chi connectivity index (χ4n) is 2.54. The highest BCUT2D eigenvalue weighted by atomic mass is 16.5. The van der Waals surface area contributed by atoms with E-state index in [9.17, 15) is 0 Å². The van der Waals surface area contributed by atoms with Crippen molar-refractivity contribution in [3.63, 3.8) is 0 Å². The van der Waals surface area contributed by atoms with E-state index in [-0.39, 0.29) is 0 Å². The molecule has 3 nitrogen and oxygen atoms in total. The smallest absolute Gasteiger partial charge is 0.0593 e. The van der Waals surface area contributed by atoms with Gasteiger partial charge in [0.25, 0.3) is 0 Å². The Balaban J connectivity index is 1.53. The number of hydrogen-bond donors (Lipinski definition) is 1. The van der Waals surface area contributed by atoms with Crippen molar-refractivity contribution in [3.8, 4) is 0 Å². The summed E-state index contributed by atoms with van der Waals surface area (Å²) >= 11 is 0. The molecule has 2 aliphatic rings. The Morgan fingerprint density at radius 2 is 2.12 bits per heavy atom. The van der Waals surface area contributed by atoms with Crippen LogP contribution < -0.4 is 5.32 Å². The molecular weight excluding hydrogens is 212 g/mol. The summed E-state index contributed by atoms with van der Waals surface area (Å²) < 4.78 is 5.68. The lowest BCUT2D eigenvalue weighted by Gasteiger charge is -2.33. The van der Waals surface area contributed by atoms with Crippen LogP contribution in [-0.2, 0) is 4.74 Å². The number of nitrogens with one attached hydrogen (secondary N) is 1. The Morgan fingerprint density at radius 1 is 1.29 bits per heavy atom. The van der Waals surface area contributed by atoms with Gasteiger partial charge in [-0.15, -0.1) is 0 Å². The normalized spacial score (nSPS) is 29.8. The van der Waals surface area contributed by atoms with Crippen LogP contribution in [0, 0.1) is 11.8 Å². The molecule has 2 unspecified atom stereocenters. The Morgan fingerprint density at radius 3 is 2.82 bits per heavy atom. The van der Waals surface area contributed by atoms with E-state index in [1.807, 2.05) is 0 Å². The predicted octanol–water partition coefficient (Wildman–Crippen LogP) is 1.73. The van der Waals surface area contributed by atoms with Crippen LogP contribution in [0.15, 0.2) is 0 Å². The molecule has 0 aromatic rings. The van der Waals surface area contributed by atoms with Gasteiger partial charge in [-0.3, -0.25) is 0 Å². The van der Waals surface area contributed by atoms with Crippen LogP contribution >= 0.6 is 0 Å². The van der Waals surface area contributed by atoms with Crippen molar-refractivity contribution in [2.45, 2.75) is 38.6 Å². The maximum absolute atomic E-state index is 5.68. The fraction of sp³-hybridized carbons (Fsp3) is 1.00. The van der Waals surface area contributed by atoms with Crippen LogP contribution in [0.3, 0.4) is 0 Å². The van der Waals surface area contributed by atoms with Gasteiger partial charge in [0.05, 0.1) is 6.61 Å². The molecule has 17 heavy (non-hydrogen) atoms. The topological polar surface area (TPSA) is 24.5 Å². The molecule has 1 N–H and O–H groups in total. The van der Waals surface area contributed by atoms with Gasteiger partial charge < -0.3 is 15.0 Å². The number of likely N-dealkylation sites (N-methyl/N-ethyl adjacent to an activating group) is 1. The second-order valence-electron chi connectivity index (χ2n) is 5.96. The lowest BCUT2D eigenvalue weighted by molar-refractivity contribution is 0.0967. The number of nitrogens with zero attached hydrogens (tertiary/aromatic N) is 1. The molecule has 0 aromatic carbocycles. The van der Waals surface area contributed by atoms with Crippen molar-refractivity contribution in [2.75, 3.05) is 39.9 Å². The largest absolute Gasteiger partial charge is 0.380 e. The van der Waals surface area contributed by atoms with E-state index in [4.69, 9.17) is 4.74 Å². The van der Waals surface area contributed by atoms with Crippen LogP contribution in [-0.4, -0.2) is 50.8 Å². The fourth-order valence-corrected chi connectivity index (χ4v) is 2.54. The van der Waals surface area contributed by atoms with Gasteiger partial charge in [-0.1, -0.05) is 6.92 Å². The first-order chi connectivity index (χ1) is 8.25. The zero-order valence-electron chi connectivity index (χ0n) is 11.5. The van der Waals surface area contributed by atoms with Crippen LogP contribution in [0.5, 0.6) is 0 Å². The van der Waals surface area contributed by atoms with Crippen molar-refractivity contribution >= 4 is 0 Å². The first-order valence-electron chi connectivity index (χ1n) is 7.25. The summed E-state index contributed by atoms with van der Waals surface area (Å²) in [5, 5.41) is 3.64. The van der Waals surface area contributed by atoms with E-state index < -0.39 is 0 Å². The minimum atomic E-state index is 0.678. The Hall–Kier alpha value is -0.120. The number of rotatable bonds is 7. The highest BCUT2D eigenvalue weighted by molar-refractivity contribution is 4.80. The monoisotopic (exact) mass is 240 g/mol. The molecule has 2 rings (SSSR count). The number of piperidine rings is 1. The SMILES string of the molecule is CC1CCCNC1CN(C)CCOCC1CC1. The summed E-state index contributed by atoms with van der Waals surface area (Å²) in [6, 6.07) is 0.678. The standard InChI is InChI=1S/C14H28N2O/c1-12-4-3-7-15-14(12)10-16(2)8-9-17-11-13-5-6-13/h12-15H,3-11H2,1-2H3. The van der Waals surface area contributed by atoms with Gasteiger partial charge in [-0.05, 0) is 51.1 Å². The second-order valence-corrected chi connectivity index (χ2v) is 5.96. The maximum Gasteiger partial charge on any atom is 0.0593 e. The van der Waals surface area contributed by atoms with E-state index in [1.54, 1.807) is 0 Å². The summed E-state index contributed by atoms with van der Waals surface area (Å²) in [5.41, 5.74) is 0. The third-order valence-corrected chi connectivity index (χ3v) is 4.11. The van der Waals surface area contributed by atoms with Gasteiger partial charge >= 0.3 is 0 Å². The predicted molar refractivity (Wildman–Crippen MR) is 71.2 cm³/mol. The summed E-state index contributed by atoms with van der Waals surface area (Å²) in [4.78, 5) is 2.41. The van der Waals surface area contributed by atoms with E-state index in [2.05, 4.69) is 24.2 Å². The third-order valence-electron chi connectivity index (χ3n) is 4.11. The molecule has 1 aliphatic carbocycles. The first-order valence-corrected chi connectivity index (χ1v) is 7.25. The van der Waals surface area contributed by atoms with Crippen molar-refractivity contribution < 1.29 is 4.74 Å². The highest BCUT2D eigenvalue weighted by Gasteiger charge is 2.22. The molecule has 2 atom stereocenters. The zero-order chi connectivity index (χ0) is 12.1. The zero-order valence-corrected chi connectivity index (χ0v) is 11.5. The van der Waals surface area contributed by atoms with Crippen LogP contribution in [0.2, 0.25) is 0 Å². The second kappa shape index (κ2) is 6.72. The minimum absolute atomic E-state index is 0.678. The van der Waals surface area contributed by atoms with Crippen molar-refractivity contribution in [1.82, 2.24) is 10.2 Å². The van der Waals surface area contributed by atoms with Crippen LogP contribution in [0.1, 0.15) is 32.6 Å². The molecule has 100 valence electrons. The Bertz CT molecular complexity index is 218. The average molecular weight is 240 g/mol. The quantitative estimate of drug-likeness (QED) is 0.686. The minimum Gasteiger partial charge on any atom is -0.380 e. The molecule has 1 saturated heterocycles. The van der Waals surface area contributed by atoms with Gasteiger partial charge in [-0.25, -0.2) is 0 Å². The Labute approximate surface area is 106 Å². The lowest BCUT2D eigenvalue weighted by Crippen LogP contribution is -2.47. The summed E-state index contributed by atoms with van der Waals surface area (Å²) in [6.07, 6.45) is 5.49. The molecule has 0 spiro atoms. The van der Waals surface area contributed by atoms with Crippen molar-refractivity contribution in [3.05, 3.63) is 0 Å². The van der Waals surface area contributed by atoms with Gasteiger partial charge in [0.2, 0.25) is 0 Å². The molecule has 0 radical (unpaired) electrons. The van der Waals surface area contributed by atoms with E-state index >= 15 is 0 Å². The van der Waals surface area contributed by atoms with Gasteiger partial charge in [0.1, 0.15) is 0 Å². The molecule has 0 amide bonds. The molecule has 1 aliphatic heterocycles.